The topological polar surface area (TPSA) is 389 Å². The molecule has 1 fully saturated rings. The summed E-state index contributed by atoms with van der Waals surface area (Å²) in [6, 6.07) is 5.13. The molecule has 0 aliphatic carbocycles. The summed E-state index contributed by atoms with van der Waals surface area (Å²) >= 11 is 4.06. The highest BCUT2D eigenvalue weighted by molar-refractivity contribution is 8.08. The third kappa shape index (κ3) is 12.1. The number of carbonyl (C=O) groups is 3. The van der Waals surface area contributed by atoms with E-state index in [1.54, 1.807) is 13.0 Å². The maximum atomic E-state index is 13.0. The van der Waals surface area contributed by atoms with Gasteiger partial charge in [-0.25, -0.2) is 32.8 Å². The number of hydrogen-bond donors (Lipinski definition) is 9. The molecule has 0 bridgehead atoms. The molecule has 66 heavy (non-hydrogen) atoms. The van der Waals surface area contributed by atoms with Crippen LogP contribution in [0, 0.1) is 0 Å². The minimum absolute atomic E-state index is 0.0601. The van der Waals surface area contributed by atoms with Crippen molar-refractivity contribution in [1.82, 2.24) is 30.2 Å². The Balaban J connectivity index is 1.05. The Morgan fingerprint density at radius 3 is 2.48 bits per heavy atom. The van der Waals surface area contributed by atoms with Gasteiger partial charge in [0.1, 0.15) is 23.4 Å². The molecule has 6 rings (SSSR count). The summed E-state index contributed by atoms with van der Waals surface area (Å²) in [4.78, 5) is 114. The maximum absolute atomic E-state index is 13.0. The molecule has 27 nitrogen and oxygen atoms in total. The van der Waals surface area contributed by atoms with Gasteiger partial charge in [-0.15, -0.1) is 0 Å². The quantitative estimate of drug-likeness (QED) is 0.0295. The Bertz CT molecular complexity index is 2780. The Morgan fingerprint density at radius 1 is 1.08 bits per heavy atom. The zero-order valence-electron chi connectivity index (χ0n) is 35.4. The van der Waals surface area contributed by atoms with E-state index >= 15 is 0 Å². The predicted octanol–water partition coefficient (Wildman–Crippen LogP) is 1.49. The van der Waals surface area contributed by atoms with Crippen LogP contribution in [0.15, 0.2) is 38.5 Å². The first-order valence-electron chi connectivity index (χ1n) is 19.9. The Kier molecular flexibility index (Phi) is 15.3. The van der Waals surface area contributed by atoms with Gasteiger partial charge in [0.05, 0.1) is 19.5 Å². The summed E-state index contributed by atoms with van der Waals surface area (Å²) in [5.74, 6) is -1.34. The molecular weight excluding hydrogens is 961 g/mol. The number of nitrogens with zero attached hydrogens (tertiary/aromatic N) is 4. The smallest absolute Gasteiger partial charge is 0.462 e. The van der Waals surface area contributed by atoms with E-state index < -0.39 is 76.8 Å². The first-order valence-corrected chi connectivity index (χ1v) is 25.5. The minimum atomic E-state index is -5.68. The fourth-order valence-corrected chi connectivity index (χ4v) is 11.5. The highest BCUT2D eigenvalue weighted by Crippen LogP contribution is 2.66. The first kappa shape index (κ1) is 50.7. The van der Waals surface area contributed by atoms with Crippen molar-refractivity contribution in [3.8, 4) is 0 Å². The van der Waals surface area contributed by atoms with E-state index in [0.29, 0.717) is 23.9 Å². The maximum Gasteiger partial charge on any atom is 0.488 e. The highest BCUT2D eigenvalue weighted by atomic mass is 32.5. The number of nitrogens with two attached hydrogens (primary N) is 1. The number of ether oxygens (including phenoxy) is 3. The summed E-state index contributed by atoms with van der Waals surface area (Å²) in [5.41, 5.74) is 5.25. The number of imidazole rings is 1. The van der Waals surface area contributed by atoms with Gasteiger partial charge in [-0.2, -0.15) is 9.29 Å². The fourth-order valence-electron chi connectivity index (χ4n) is 7.70. The number of nitrogen functional groups attached to an aromatic ring is 1. The number of aromatic amines is 1. The van der Waals surface area contributed by atoms with Crippen molar-refractivity contribution in [1.29, 1.82) is 0 Å². The van der Waals surface area contributed by atoms with Crippen LogP contribution < -0.4 is 32.5 Å². The second kappa shape index (κ2) is 19.9. The van der Waals surface area contributed by atoms with Crippen molar-refractivity contribution in [2.45, 2.75) is 83.0 Å². The largest absolute Gasteiger partial charge is 0.488 e. The van der Waals surface area contributed by atoms with Crippen molar-refractivity contribution in [2.75, 3.05) is 43.5 Å². The molecule has 1 saturated heterocycles. The van der Waals surface area contributed by atoms with Gasteiger partial charge in [0.25, 0.3) is 5.56 Å². The lowest BCUT2D eigenvalue weighted by atomic mass is 9.79. The third-order valence-corrected chi connectivity index (χ3v) is 14.7. The van der Waals surface area contributed by atoms with Crippen molar-refractivity contribution < 1.29 is 80.0 Å². The van der Waals surface area contributed by atoms with E-state index in [0.717, 1.165) is 28.6 Å². The molecule has 7 atom stereocenters. The van der Waals surface area contributed by atoms with Crippen molar-refractivity contribution in [3.63, 3.8) is 0 Å². The molecule has 3 aromatic heterocycles. The Labute approximate surface area is 378 Å². The molecule has 3 unspecified atom stereocenters. The van der Waals surface area contributed by atoms with Crippen molar-refractivity contribution in [3.05, 3.63) is 56.4 Å². The van der Waals surface area contributed by atoms with Crippen LogP contribution in [0.4, 0.5) is 16.4 Å². The molecule has 0 spiro atoms. The standard InChI is InChI=1S/C35H47N8O19P3S/c1-5-56-31(47)20-12-18-11-19-17(2)14-35(3,4)43(21(19)13-22(18)59-32(20)48)10-6-7-24(44)37-8-9-38-34(49)60-27-26(45)23(15-57-63(50,51)61-64(52,53)62-65(54,55)66)58-30(27)42-16-39-25-28(42)40-33(36)41-29(25)46/h11-13,16-17,23,26-27,30,45H,5-10,14-15H2,1-4H3,(H,37,44)(H,38,49)(H,50,51)(H,52,53)(H2,54,55,66)(H3,36,40,41,46)/t17?,23-,26-,27-,30-/m1/s1. The van der Waals surface area contributed by atoms with E-state index in [1.807, 2.05) is 6.07 Å². The van der Waals surface area contributed by atoms with Crippen molar-refractivity contribution >= 4 is 85.9 Å². The summed E-state index contributed by atoms with van der Waals surface area (Å²) < 4.78 is 59.7. The number of carbonyl (C=O) groups excluding carboxylic acids is 3. The predicted molar refractivity (Wildman–Crippen MR) is 232 cm³/mol. The number of amides is 2. The lowest BCUT2D eigenvalue weighted by molar-refractivity contribution is -0.121. The van der Waals surface area contributed by atoms with Gasteiger partial charge >= 0.3 is 40.1 Å². The number of fused-ring (bicyclic) bond motifs is 3. The Morgan fingerprint density at radius 2 is 1.79 bits per heavy atom. The number of benzene rings is 1. The van der Waals surface area contributed by atoms with E-state index in [9.17, 15) is 48.0 Å². The van der Waals surface area contributed by atoms with Crippen LogP contribution in [-0.2, 0) is 53.1 Å². The molecule has 2 aliphatic rings. The molecular formula is C35H47N8O19P3S. The van der Waals surface area contributed by atoms with Gasteiger partial charge in [0, 0.05) is 48.7 Å². The van der Waals surface area contributed by atoms with Gasteiger partial charge < -0.3 is 64.6 Å². The SMILES string of the molecule is CCOC(=O)c1cc2cc3c(cc2oc1=O)N(CCCC(=O)NCCNC(=O)O[C@@H]1[C@H](O)[C@@H](COP(=O)(O)OP(=O)(O)OP(O)(O)=S)O[C@H]1n1cnc2c(=O)[nH]c(N)nc21)C(C)(C)CC3C. The normalized spacial score (nSPS) is 22.3. The first-order chi connectivity index (χ1) is 30.8. The molecule has 31 heteroatoms. The van der Waals surface area contributed by atoms with Gasteiger partial charge in [-0.3, -0.25) is 23.7 Å². The van der Waals surface area contributed by atoms with Crippen LogP contribution in [0.3, 0.4) is 0 Å². The number of aliphatic hydroxyl groups excluding tert-OH is 1. The van der Waals surface area contributed by atoms with Crippen LogP contribution in [0.2, 0.25) is 0 Å². The number of aliphatic hydroxyl groups is 1. The second-order valence-corrected chi connectivity index (χ2v) is 21.5. The fraction of sp³-hybridized carbons (Fsp3) is 0.514. The number of phosphoric acid groups is 2. The van der Waals surface area contributed by atoms with E-state index in [1.165, 1.54) is 6.07 Å². The second-order valence-electron chi connectivity index (χ2n) is 15.7. The lowest BCUT2D eigenvalue weighted by Gasteiger charge is -2.47. The summed E-state index contributed by atoms with van der Waals surface area (Å²) in [6.07, 6.45) is -5.66. The molecule has 1 aromatic carbocycles. The molecule has 2 aliphatic heterocycles. The minimum Gasteiger partial charge on any atom is -0.462 e. The number of phosphoric ester groups is 1. The Hall–Kier alpha value is -4.66. The van der Waals surface area contributed by atoms with Gasteiger partial charge in [-0.1, -0.05) is 6.92 Å². The van der Waals surface area contributed by atoms with Gasteiger partial charge in [0.15, 0.2) is 23.5 Å². The number of alkyl carbamates (subject to hydrolysis) is 1. The average molecular weight is 1010 g/mol. The highest BCUT2D eigenvalue weighted by Gasteiger charge is 2.50. The number of aromatic nitrogens is 4. The van der Waals surface area contributed by atoms with Crippen LogP contribution in [-0.4, -0.2) is 119 Å². The average Bonchev–Trinajstić information content (AvgIpc) is 3.74. The van der Waals surface area contributed by atoms with E-state index in [2.05, 4.69) is 76.2 Å². The molecule has 10 N–H and O–H groups in total. The molecule has 0 radical (unpaired) electrons. The van der Waals surface area contributed by atoms with Crippen LogP contribution in [0.5, 0.6) is 0 Å². The van der Waals surface area contributed by atoms with Crippen LogP contribution in [0.1, 0.15) is 75.0 Å². The summed E-state index contributed by atoms with van der Waals surface area (Å²) in [6.45, 7) is 2.23. The van der Waals surface area contributed by atoms with E-state index in [4.69, 9.17) is 34.1 Å². The zero-order chi connectivity index (χ0) is 48.5. The summed E-state index contributed by atoms with van der Waals surface area (Å²) in [5, 5.41) is 16.9. The van der Waals surface area contributed by atoms with Crippen molar-refractivity contribution in [2.24, 2.45) is 0 Å². The summed E-state index contributed by atoms with van der Waals surface area (Å²) in [7, 11) is -11.3. The van der Waals surface area contributed by atoms with Crippen LogP contribution >= 0.6 is 22.4 Å². The van der Waals surface area contributed by atoms with E-state index in [-0.39, 0.29) is 66.2 Å². The third-order valence-electron chi connectivity index (χ3n) is 10.3. The number of anilines is 2. The molecule has 362 valence electrons. The zero-order valence-corrected chi connectivity index (χ0v) is 38.9. The molecule has 2 amide bonds. The number of hydrogen-bond acceptors (Lipinski definition) is 20. The van der Waals surface area contributed by atoms with Gasteiger partial charge in [-0.05, 0) is 69.0 Å². The van der Waals surface area contributed by atoms with Gasteiger partial charge in [0.2, 0.25) is 11.9 Å². The molecule has 0 saturated carbocycles. The number of nitrogens with one attached hydrogen (secondary N) is 3. The molecule has 4 aromatic rings. The van der Waals surface area contributed by atoms with Crippen LogP contribution in [0.25, 0.3) is 22.1 Å². The number of rotatable bonds is 18. The molecule has 5 heterocycles. The number of esters is 1. The lowest BCUT2D eigenvalue weighted by Crippen LogP contribution is -2.49. The monoisotopic (exact) mass is 1010 g/mol. The number of H-pyrrole nitrogens is 1.